The molecule has 1 aliphatic carbocycles. The van der Waals surface area contributed by atoms with Crippen LogP contribution in [0.5, 0.6) is 0 Å². The molecule has 1 aromatic heterocycles. The molecule has 2 fully saturated rings. The van der Waals surface area contributed by atoms with Crippen LogP contribution in [-0.2, 0) is 13.1 Å². The maximum Gasteiger partial charge on any atom is 0.118 e. The third kappa shape index (κ3) is 1.68. The molecule has 0 radical (unpaired) electrons. The summed E-state index contributed by atoms with van der Waals surface area (Å²) in [6.07, 6.45) is 4.26. The van der Waals surface area contributed by atoms with E-state index in [9.17, 15) is 0 Å². The molecule has 16 heavy (non-hydrogen) atoms. The maximum absolute atomic E-state index is 5.60. The van der Waals surface area contributed by atoms with E-state index in [0.29, 0.717) is 6.54 Å². The highest BCUT2D eigenvalue weighted by molar-refractivity contribution is 5.21. The van der Waals surface area contributed by atoms with E-state index in [0.717, 1.165) is 30.0 Å². The average Bonchev–Trinajstić information content (AvgIpc) is 2.95. The van der Waals surface area contributed by atoms with Crippen LogP contribution in [0, 0.1) is 12.8 Å². The van der Waals surface area contributed by atoms with E-state index in [1.807, 2.05) is 6.92 Å². The summed E-state index contributed by atoms with van der Waals surface area (Å²) >= 11 is 0. The van der Waals surface area contributed by atoms with Crippen LogP contribution in [0.25, 0.3) is 0 Å². The molecule has 1 aromatic rings. The quantitative estimate of drug-likeness (QED) is 0.847. The number of furan rings is 1. The van der Waals surface area contributed by atoms with Gasteiger partial charge in [-0.25, -0.2) is 0 Å². The van der Waals surface area contributed by atoms with Crippen LogP contribution < -0.4 is 5.73 Å². The molecule has 88 valence electrons. The van der Waals surface area contributed by atoms with E-state index in [4.69, 9.17) is 10.2 Å². The van der Waals surface area contributed by atoms with Crippen LogP contribution in [0.15, 0.2) is 10.5 Å². The molecule has 3 heteroatoms. The summed E-state index contributed by atoms with van der Waals surface area (Å²) in [7, 11) is 0. The van der Waals surface area contributed by atoms with E-state index in [2.05, 4.69) is 11.0 Å². The monoisotopic (exact) mass is 220 g/mol. The summed E-state index contributed by atoms with van der Waals surface area (Å²) in [5.74, 6) is 2.92. The number of likely N-dealkylation sites (tertiary alicyclic amines) is 1. The van der Waals surface area contributed by atoms with Crippen LogP contribution in [0.4, 0.5) is 0 Å². The lowest BCUT2D eigenvalue weighted by Crippen LogP contribution is -2.31. The van der Waals surface area contributed by atoms with Crippen molar-refractivity contribution in [3.63, 3.8) is 0 Å². The Balaban J connectivity index is 1.71. The van der Waals surface area contributed by atoms with E-state index < -0.39 is 0 Å². The van der Waals surface area contributed by atoms with Crippen LogP contribution in [-0.4, -0.2) is 17.5 Å². The molecule has 2 unspecified atom stereocenters. The molecule has 0 aromatic carbocycles. The number of nitrogens with zero attached hydrogens (tertiary/aromatic N) is 1. The molecule has 3 nitrogen and oxygen atoms in total. The third-order valence-electron chi connectivity index (χ3n) is 4.17. The summed E-state index contributed by atoms with van der Waals surface area (Å²) in [5, 5.41) is 0. The molecule has 1 saturated carbocycles. The van der Waals surface area contributed by atoms with Gasteiger partial charge in [0.15, 0.2) is 0 Å². The number of rotatable bonds is 3. The molecule has 1 aliphatic heterocycles. The van der Waals surface area contributed by atoms with Gasteiger partial charge in [0.25, 0.3) is 0 Å². The largest absolute Gasteiger partial charge is 0.465 e. The van der Waals surface area contributed by atoms with Crippen molar-refractivity contribution in [2.24, 2.45) is 11.7 Å². The smallest absolute Gasteiger partial charge is 0.118 e. The normalized spacial score (nSPS) is 29.1. The number of piperidine rings is 1. The SMILES string of the molecule is Cc1oc(CN)cc1CN1CC2CCC1C2. The Hall–Kier alpha value is -0.800. The second kappa shape index (κ2) is 3.90. The Labute approximate surface area is 96.6 Å². The standard InChI is InChI=1S/C13H20N2O/c1-9-11(5-13(6-14)16-9)8-15-7-10-2-3-12(15)4-10/h5,10,12H,2-4,6-8,14H2,1H3. The van der Waals surface area contributed by atoms with Gasteiger partial charge in [0.1, 0.15) is 11.5 Å². The van der Waals surface area contributed by atoms with Gasteiger partial charge in [0.2, 0.25) is 0 Å². The predicted octanol–water partition coefficient (Wildman–Crippen LogP) is 2.03. The Morgan fingerprint density at radius 1 is 1.50 bits per heavy atom. The maximum atomic E-state index is 5.60. The van der Waals surface area contributed by atoms with Crippen LogP contribution in [0.1, 0.15) is 36.3 Å². The lowest BCUT2D eigenvalue weighted by molar-refractivity contribution is 0.204. The van der Waals surface area contributed by atoms with Gasteiger partial charge < -0.3 is 10.2 Å². The highest BCUT2D eigenvalue weighted by atomic mass is 16.3. The first kappa shape index (κ1) is 10.4. The molecular weight excluding hydrogens is 200 g/mol. The molecule has 2 heterocycles. The van der Waals surface area contributed by atoms with Crippen molar-refractivity contribution in [3.8, 4) is 0 Å². The minimum absolute atomic E-state index is 0.507. The van der Waals surface area contributed by atoms with E-state index in [1.54, 1.807) is 0 Å². The lowest BCUT2D eigenvalue weighted by Gasteiger charge is -2.26. The van der Waals surface area contributed by atoms with E-state index in [-0.39, 0.29) is 0 Å². The third-order valence-corrected chi connectivity index (χ3v) is 4.17. The number of nitrogens with two attached hydrogens (primary N) is 1. The average molecular weight is 220 g/mol. The minimum Gasteiger partial charge on any atom is -0.465 e. The fraction of sp³-hybridized carbons (Fsp3) is 0.692. The van der Waals surface area contributed by atoms with Gasteiger partial charge in [-0.3, -0.25) is 4.90 Å². The zero-order valence-electron chi connectivity index (χ0n) is 9.91. The zero-order valence-corrected chi connectivity index (χ0v) is 9.91. The lowest BCUT2D eigenvalue weighted by atomic mass is 10.1. The Morgan fingerprint density at radius 2 is 2.38 bits per heavy atom. The van der Waals surface area contributed by atoms with E-state index >= 15 is 0 Å². The number of hydrogen-bond donors (Lipinski definition) is 1. The van der Waals surface area contributed by atoms with Gasteiger partial charge in [0.05, 0.1) is 6.54 Å². The first-order valence-electron chi connectivity index (χ1n) is 6.28. The van der Waals surface area contributed by atoms with Gasteiger partial charge in [-0.15, -0.1) is 0 Å². The summed E-state index contributed by atoms with van der Waals surface area (Å²) in [6, 6.07) is 2.96. The molecule has 2 N–H and O–H groups in total. The van der Waals surface area contributed by atoms with Crippen LogP contribution >= 0.6 is 0 Å². The van der Waals surface area contributed by atoms with Gasteiger partial charge in [-0.2, -0.15) is 0 Å². The summed E-state index contributed by atoms with van der Waals surface area (Å²) in [6.45, 7) is 4.89. The molecule has 0 amide bonds. The minimum atomic E-state index is 0.507. The Bertz CT molecular complexity index is 385. The van der Waals surface area contributed by atoms with Crippen LogP contribution in [0.2, 0.25) is 0 Å². The fourth-order valence-electron chi connectivity index (χ4n) is 3.28. The van der Waals surface area contributed by atoms with Crippen molar-refractivity contribution in [1.82, 2.24) is 4.90 Å². The molecule has 2 aliphatic rings. The predicted molar refractivity (Wildman–Crippen MR) is 62.9 cm³/mol. The fourth-order valence-corrected chi connectivity index (χ4v) is 3.28. The van der Waals surface area contributed by atoms with Crippen molar-refractivity contribution in [2.45, 2.75) is 45.3 Å². The zero-order chi connectivity index (χ0) is 11.1. The van der Waals surface area contributed by atoms with Crippen molar-refractivity contribution in [1.29, 1.82) is 0 Å². The number of fused-ring (bicyclic) bond motifs is 2. The number of hydrogen-bond acceptors (Lipinski definition) is 3. The summed E-state index contributed by atoms with van der Waals surface area (Å²) in [5.41, 5.74) is 6.92. The second-order valence-corrected chi connectivity index (χ2v) is 5.26. The molecule has 0 spiro atoms. The molecule has 2 bridgehead atoms. The van der Waals surface area contributed by atoms with Crippen molar-refractivity contribution >= 4 is 0 Å². The Kier molecular flexibility index (Phi) is 2.52. The second-order valence-electron chi connectivity index (χ2n) is 5.26. The summed E-state index contributed by atoms with van der Waals surface area (Å²) in [4.78, 5) is 2.62. The topological polar surface area (TPSA) is 42.4 Å². The molecule has 3 rings (SSSR count). The van der Waals surface area contributed by atoms with Crippen molar-refractivity contribution in [2.75, 3.05) is 6.54 Å². The van der Waals surface area contributed by atoms with Gasteiger partial charge in [-0.1, -0.05) is 0 Å². The molecule has 1 saturated heterocycles. The first-order valence-corrected chi connectivity index (χ1v) is 6.28. The van der Waals surface area contributed by atoms with Crippen molar-refractivity contribution in [3.05, 3.63) is 23.2 Å². The van der Waals surface area contributed by atoms with Crippen LogP contribution in [0.3, 0.4) is 0 Å². The molecule has 2 atom stereocenters. The number of aryl methyl sites for hydroxylation is 1. The molecular formula is C13H20N2O. The van der Waals surface area contributed by atoms with E-state index in [1.165, 1.54) is 31.4 Å². The summed E-state index contributed by atoms with van der Waals surface area (Å²) < 4.78 is 5.60. The Morgan fingerprint density at radius 3 is 2.94 bits per heavy atom. The van der Waals surface area contributed by atoms with Gasteiger partial charge in [-0.05, 0) is 38.2 Å². The highest BCUT2D eigenvalue weighted by Gasteiger charge is 2.37. The first-order chi connectivity index (χ1) is 7.76. The van der Waals surface area contributed by atoms with Crippen molar-refractivity contribution < 1.29 is 4.42 Å². The van der Waals surface area contributed by atoms with Gasteiger partial charge >= 0.3 is 0 Å². The highest BCUT2D eigenvalue weighted by Crippen LogP contribution is 2.38. The van der Waals surface area contributed by atoms with Gasteiger partial charge in [0, 0.05) is 24.7 Å².